The highest BCUT2D eigenvalue weighted by atomic mass is 16.5. The Morgan fingerprint density at radius 2 is 1.77 bits per heavy atom. The largest absolute Gasteiger partial charge is 0.493 e. The number of nitrogens with one attached hydrogen (secondary N) is 1. The van der Waals surface area contributed by atoms with Gasteiger partial charge in [-0.1, -0.05) is 36.4 Å². The van der Waals surface area contributed by atoms with Crippen LogP contribution in [-0.2, 0) is 11.2 Å². The van der Waals surface area contributed by atoms with Crippen LogP contribution in [0.1, 0.15) is 29.9 Å². The normalized spacial score (nSPS) is 16.8. The Labute approximate surface area is 154 Å². The van der Waals surface area contributed by atoms with Crippen LogP contribution in [0, 0.1) is 0 Å². The first-order valence-corrected chi connectivity index (χ1v) is 8.92. The zero-order valence-corrected chi connectivity index (χ0v) is 15.3. The fraction of sp³-hybridized carbons (Fsp3) is 0.318. The molecule has 0 fully saturated rings. The van der Waals surface area contributed by atoms with Gasteiger partial charge in [-0.3, -0.25) is 4.79 Å². The molecule has 0 unspecified atom stereocenters. The molecule has 1 atom stereocenters. The van der Waals surface area contributed by atoms with Crippen molar-refractivity contribution in [1.82, 2.24) is 5.32 Å². The van der Waals surface area contributed by atoms with Crippen LogP contribution in [0.2, 0.25) is 0 Å². The molecule has 0 saturated heterocycles. The second-order valence-corrected chi connectivity index (χ2v) is 6.52. The molecule has 0 radical (unpaired) electrons. The van der Waals surface area contributed by atoms with E-state index in [0.717, 1.165) is 42.1 Å². The van der Waals surface area contributed by atoms with Gasteiger partial charge in [0.05, 0.1) is 14.2 Å². The molecule has 2 aromatic rings. The Morgan fingerprint density at radius 3 is 2.50 bits per heavy atom. The van der Waals surface area contributed by atoms with Crippen LogP contribution < -0.4 is 14.8 Å². The third-order valence-corrected chi connectivity index (χ3v) is 4.73. The highest BCUT2D eigenvalue weighted by Gasteiger charge is 2.21. The van der Waals surface area contributed by atoms with E-state index in [9.17, 15) is 4.79 Å². The van der Waals surface area contributed by atoms with Crippen LogP contribution in [0.25, 0.3) is 0 Å². The summed E-state index contributed by atoms with van der Waals surface area (Å²) in [6.45, 7) is 0.774. The summed E-state index contributed by atoms with van der Waals surface area (Å²) in [5.41, 5.74) is 3.42. The first-order valence-electron chi connectivity index (χ1n) is 8.92. The predicted octanol–water partition coefficient (Wildman–Crippen LogP) is 3.87. The summed E-state index contributed by atoms with van der Waals surface area (Å²) < 4.78 is 10.6. The molecule has 0 spiro atoms. The quantitative estimate of drug-likeness (QED) is 0.823. The van der Waals surface area contributed by atoms with E-state index in [2.05, 4.69) is 17.4 Å². The van der Waals surface area contributed by atoms with Gasteiger partial charge < -0.3 is 14.8 Å². The molecule has 4 heteroatoms. The van der Waals surface area contributed by atoms with Gasteiger partial charge in [-0.15, -0.1) is 0 Å². The van der Waals surface area contributed by atoms with E-state index in [1.165, 1.54) is 5.56 Å². The maximum Gasteiger partial charge on any atom is 0.160 e. The summed E-state index contributed by atoms with van der Waals surface area (Å²) in [5, 5.41) is 3.43. The van der Waals surface area contributed by atoms with E-state index in [1.54, 1.807) is 20.3 Å². The molecule has 136 valence electrons. The lowest BCUT2D eigenvalue weighted by Gasteiger charge is -2.23. The van der Waals surface area contributed by atoms with Gasteiger partial charge in [-0.05, 0) is 42.0 Å². The number of hydrogen-bond acceptors (Lipinski definition) is 4. The minimum atomic E-state index is 0.193. The van der Waals surface area contributed by atoms with Crippen molar-refractivity contribution in [3.05, 3.63) is 71.4 Å². The van der Waals surface area contributed by atoms with Crippen molar-refractivity contribution in [1.29, 1.82) is 0 Å². The van der Waals surface area contributed by atoms with Crippen LogP contribution >= 0.6 is 0 Å². The topological polar surface area (TPSA) is 47.6 Å². The number of hydrogen-bond donors (Lipinski definition) is 1. The first-order chi connectivity index (χ1) is 12.7. The summed E-state index contributed by atoms with van der Waals surface area (Å²) in [7, 11) is 3.27. The summed E-state index contributed by atoms with van der Waals surface area (Å²) in [4.78, 5) is 12.1. The van der Waals surface area contributed by atoms with Gasteiger partial charge in [0.2, 0.25) is 0 Å². The summed E-state index contributed by atoms with van der Waals surface area (Å²) >= 11 is 0. The lowest BCUT2D eigenvalue weighted by Crippen LogP contribution is -2.23. The van der Waals surface area contributed by atoms with Crippen molar-refractivity contribution < 1.29 is 14.3 Å². The molecule has 4 nitrogen and oxygen atoms in total. The zero-order valence-electron chi connectivity index (χ0n) is 15.3. The van der Waals surface area contributed by atoms with E-state index < -0.39 is 0 Å². The molecule has 0 aromatic heterocycles. The second-order valence-electron chi connectivity index (χ2n) is 6.52. The molecule has 0 saturated carbocycles. The number of ether oxygens (including phenoxy) is 2. The third-order valence-electron chi connectivity index (χ3n) is 4.73. The summed E-state index contributed by atoms with van der Waals surface area (Å²) in [5.74, 6) is 1.92. The molecule has 1 aliphatic rings. The van der Waals surface area contributed by atoms with E-state index in [0.29, 0.717) is 6.42 Å². The fourth-order valence-electron chi connectivity index (χ4n) is 3.38. The number of allylic oxidation sites excluding steroid dienone is 2. The molecule has 0 amide bonds. The SMILES string of the molecule is COc1ccc(CCNC2=CC(=O)C[C@H](c3ccccc3)C2)cc1OC. The number of rotatable bonds is 7. The summed E-state index contributed by atoms with van der Waals surface area (Å²) in [6.07, 6.45) is 4.07. The molecular formula is C22H25NO3. The highest BCUT2D eigenvalue weighted by Crippen LogP contribution is 2.30. The van der Waals surface area contributed by atoms with Crippen LogP contribution in [0.5, 0.6) is 11.5 Å². The maximum absolute atomic E-state index is 12.1. The van der Waals surface area contributed by atoms with Crippen LogP contribution in [0.15, 0.2) is 60.3 Å². The number of carbonyl (C=O) groups excluding carboxylic acids is 1. The van der Waals surface area contributed by atoms with E-state index in [4.69, 9.17) is 9.47 Å². The lowest BCUT2D eigenvalue weighted by molar-refractivity contribution is -0.115. The number of benzene rings is 2. The number of carbonyl (C=O) groups is 1. The lowest BCUT2D eigenvalue weighted by atomic mass is 9.85. The Hall–Kier alpha value is -2.75. The predicted molar refractivity (Wildman–Crippen MR) is 103 cm³/mol. The number of ketones is 1. The second kappa shape index (κ2) is 8.56. The van der Waals surface area contributed by atoms with Gasteiger partial charge in [0.25, 0.3) is 0 Å². The van der Waals surface area contributed by atoms with Gasteiger partial charge in [0.15, 0.2) is 17.3 Å². The minimum Gasteiger partial charge on any atom is -0.493 e. The Bertz CT molecular complexity index is 783. The molecule has 3 rings (SSSR count). The molecule has 1 aliphatic carbocycles. The standard InChI is InChI=1S/C22H25NO3/c1-25-21-9-8-16(12-22(21)26-2)10-11-23-19-13-18(14-20(24)15-19)17-6-4-3-5-7-17/h3-9,12,15,18,23H,10-11,13-14H2,1-2H3/t18-/m1/s1. The van der Waals surface area contributed by atoms with Gasteiger partial charge >= 0.3 is 0 Å². The van der Waals surface area contributed by atoms with E-state index in [1.807, 2.05) is 36.4 Å². The Balaban J connectivity index is 1.58. The van der Waals surface area contributed by atoms with Crippen LogP contribution in [0.3, 0.4) is 0 Å². The minimum absolute atomic E-state index is 0.193. The molecular weight excluding hydrogens is 326 g/mol. The van der Waals surface area contributed by atoms with Crippen LogP contribution in [-0.4, -0.2) is 26.5 Å². The van der Waals surface area contributed by atoms with Crippen molar-refractivity contribution in [2.75, 3.05) is 20.8 Å². The maximum atomic E-state index is 12.1. The van der Waals surface area contributed by atoms with E-state index in [-0.39, 0.29) is 11.7 Å². The molecule has 0 heterocycles. The zero-order chi connectivity index (χ0) is 18.4. The molecule has 2 aromatic carbocycles. The Morgan fingerprint density at radius 1 is 1.00 bits per heavy atom. The van der Waals surface area contributed by atoms with Crippen LogP contribution in [0.4, 0.5) is 0 Å². The van der Waals surface area contributed by atoms with Gasteiger partial charge in [-0.25, -0.2) is 0 Å². The van der Waals surface area contributed by atoms with Gasteiger partial charge in [-0.2, -0.15) is 0 Å². The fourth-order valence-corrected chi connectivity index (χ4v) is 3.38. The molecule has 0 bridgehead atoms. The van der Waals surface area contributed by atoms with Crippen molar-refractivity contribution in [2.24, 2.45) is 0 Å². The molecule has 1 N–H and O–H groups in total. The molecule has 26 heavy (non-hydrogen) atoms. The smallest absolute Gasteiger partial charge is 0.160 e. The van der Waals surface area contributed by atoms with E-state index >= 15 is 0 Å². The first kappa shape index (κ1) is 18.1. The molecule has 0 aliphatic heterocycles. The average molecular weight is 351 g/mol. The average Bonchev–Trinajstić information content (AvgIpc) is 2.68. The third kappa shape index (κ3) is 4.45. The summed E-state index contributed by atoms with van der Waals surface area (Å²) in [6, 6.07) is 16.2. The van der Waals surface area contributed by atoms with Gasteiger partial charge in [0.1, 0.15) is 0 Å². The Kier molecular flexibility index (Phi) is 5.95. The van der Waals surface area contributed by atoms with Crippen molar-refractivity contribution in [3.63, 3.8) is 0 Å². The highest BCUT2D eigenvalue weighted by molar-refractivity contribution is 5.91. The number of methoxy groups -OCH3 is 2. The van der Waals surface area contributed by atoms with Crippen molar-refractivity contribution >= 4 is 5.78 Å². The van der Waals surface area contributed by atoms with Crippen molar-refractivity contribution in [2.45, 2.75) is 25.2 Å². The van der Waals surface area contributed by atoms with Gasteiger partial charge in [0, 0.05) is 24.7 Å². The monoisotopic (exact) mass is 351 g/mol. The van der Waals surface area contributed by atoms with Crippen molar-refractivity contribution in [3.8, 4) is 11.5 Å².